The zero-order valence-electron chi connectivity index (χ0n) is 7.92. The molecule has 0 amide bonds. The molecular weight excluding hydrogens is 192 g/mol. The van der Waals surface area contributed by atoms with E-state index in [-0.39, 0.29) is 11.4 Å². The van der Waals surface area contributed by atoms with E-state index in [1.807, 2.05) is 18.2 Å². The average Bonchev–Trinajstić information content (AvgIpc) is 2.27. The van der Waals surface area contributed by atoms with E-state index in [4.69, 9.17) is 11.5 Å². The molecule has 5 nitrogen and oxygen atoms in total. The van der Waals surface area contributed by atoms with Gasteiger partial charge >= 0.3 is 0 Å². The Kier molecular flexibility index (Phi) is 2.13. The van der Waals surface area contributed by atoms with Crippen molar-refractivity contribution in [2.75, 3.05) is 11.5 Å². The van der Waals surface area contributed by atoms with Crippen LogP contribution in [0.5, 0.6) is 0 Å². The summed E-state index contributed by atoms with van der Waals surface area (Å²) in [7, 11) is 0. The second kappa shape index (κ2) is 3.45. The highest BCUT2D eigenvalue weighted by Gasteiger charge is 2.06. The van der Waals surface area contributed by atoms with E-state index < -0.39 is 5.56 Å². The minimum Gasteiger partial charge on any atom is -0.396 e. The Bertz CT molecular complexity index is 533. The molecule has 2 rings (SSSR count). The first-order valence-electron chi connectivity index (χ1n) is 4.39. The molecule has 0 atom stereocenters. The number of nitrogens with two attached hydrogens (primary N) is 2. The number of benzene rings is 1. The molecule has 5 heteroatoms. The van der Waals surface area contributed by atoms with Gasteiger partial charge in [0, 0.05) is 0 Å². The summed E-state index contributed by atoms with van der Waals surface area (Å²) in [6, 6.07) is 9.02. The van der Waals surface area contributed by atoms with Crippen LogP contribution in [-0.2, 0) is 0 Å². The number of nitrogens with zero attached hydrogens (tertiary/aromatic N) is 2. The lowest BCUT2D eigenvalue weighted by Crippen LogP contribution is -2.24. The van der Waals surface area contributed by atoms with Crippen LogP contribution in [0.25, 0.3) is 5.69 Å². The van der Waals surface area contributed by atoms with E-state index in [2.05, 4.69) is 5.10 Å². The van der Waals surface area contributed by atoms with Gasteiger partial charge in [-0.3, -0.25) is 4.79 Å². The first-order chi connectivity index (χ1) is 7.20. The van der Waals surface area contributed by atoms with Crippen LogP contribution in [0.4, 0.5) is 11.4 Å². The van der Waals surface area contributed by atoms with Gasteiger partial charge in [0.05, 0.1) is 17.6 Å². The predicted molar refractivity (Wildman–Crippen MR) is 58.7 cm³/mol. The maximum Gasteiger partial charge on any atom is 0.296 e. The molecule has 0 aliphatic heterocycles. The molecule has 0 bridgehead atoms. The van der Waals surface area contributed by atoms with Crippen LogP contribution in [0.15, 0.2) is 41.3 Å². The lowest BCUT2D eigenvalue weighted by Gasteiger charge is -2.05. The number of anilines is 2. The zero-order chi connectivity index (χ0) is 10.8. The number of hydrogen-bond acceptors (Lipinski definition) is 4. The largest absolute Gasteiger partial charge is 0.396 e. The summed E-state index contributed by atoms with van der Waals surface area (Å²) >= 11 is 0. The Balaban J connectivity index is 2.66. The summed E-state index contributed by atoms with van der Waals surface area (Å²) in [5, 5.41) is 3.91. The number of aromatic nitrogens is 2. The SMILES string of the molecule is Nc1cnn(-c2ccccc2)c(=O)c1N. The summed E-state index contributed by atoms with van der Waals surface area (Å²) in [6.07, 6.45) is 1.36. The monoisotopic (exact) mass is 202 g/mol. The molecular formula is C10H10N4O. The summed E-state index contributed by atoms with van der Waals surface area (Å²) in [4.78, 5) is 11.7. The predicted octanol–water partition coefficient (Wildman–Crippen LogP) is 0.397. The Morgan fingerprint density at radius 2 is 1.80 bits per heavy atom. The number of rotatable bonds is 1. The van der Waals surface area contributed by atoms with E-state index in [0.29, 0.717) is 5.69 Å². The normalized spacial score (nSPS) is 10.1. The summed E-state index contributed by atoms with van der Waals surface area (Å²) in [6.45, 7) is 0. The molecule has 1 heterocycles. The lowest BCUT2D eigenvalue weighted by molar-refractivity contribution is 0.813. The first kappa shape index (κ1) is 9.26. The van der Waals surface area contributed by atoms with Crippen molar-refractivity contribution in [3.8, 4) is 5.69 Å². The molecule has 0 spiro atoms. The van der Waals surface area contributed by atoms with Gasteiger partial charge in [-0.05, 0) is 12.1 Å². The fourth-order valence-electron chi connectivity index (χ4n) is 1.23. The fourth-order valence-corrected chi connectivity index (χ4v) is 1.23. The molecule has 0 fully saturated rings. The van der Waals surface area contributed by atoms with E-state index >= 15 is 0 Å². The van der Waals surface area contributed by atoms with Crippen LogP contribution < -0.4 is 17.0 Å². The van der Waals surface area contributed by atoms with Gasteiger partial charge in [-0.2, -0.15) is 9.78 Å². The van der Waals surface area contributed by atoms with Crippen LogP contribution >= 0.6 is 0 Å². The highest BCUT2D eigenvalue weighted by atomic mass is 16.1. The highest BCUT2D eigenvalue weighted by molar-refractivity contribution is 5.60. The van der Waals surface area contributed by atoms with Gasteiger partial charge in [0.1, 0.15) is 5.69 Å². The molecule has 0 saturated carbocycles. The lowest BCUT2D eigenvalue weighted by atomic mass is 10.3. The number of hydrogen-bond donors (Lipinski definition) is 2. The van der Waals surface area contributed by atoms with Crippen molar-refractivity contribution in [1.29, 1.82) is 0 Å². The second-order valence-corrected chi connectivity index (χ2v) is 3.07. The van der Waals surface area contributed by atoms with Crippen molar-refractivity contribution in [3.05, 3.63) is 46.9 Å². The Labute approximate surface area is 85.9 Å². The highest BCUT2D eigenvalue weighted by Crippen LogP contribution is 2.08. The van der Waals surface area contributed by atoms with Crippen molar-refractivity contribution in [3.63, 3.8) is 0 Å². The van der Waals surface area contributed by atoms with Crippen LogP contribution in [-0.4, -0.2) is 9.78 Å². The fraction of sp³-hybridized carbons (Fsp3) is 0. The van der Waals surface area contributed by atoms with Crippen LogP contribution in [0.2, 0.25) is 0 Å². The second-order valence-electron chi connectivity index (χ2n) is 3.07. The molecule has 0 radical (unpaired) electrons. The summed E-state index contributed by atoms with van der Waals surface area (Å²) in [5.41, 5.74) is 11.5. The van der Waals surface area contributed by atoms with Gasteiger partial charge < -0.3 is 11.5 Å². The third-order valence-electron chi connectivity index (χ3n) is 2.05. The molecule has 15 heavy (non-hydrogen) atoms. The van der Waals surface area contributed by atoms with E-state index in [1.54, 1.807) is 12.1 Å². The molecule has 1 aromatic carbocycles. The van der Waals surface area contributed by atoms with Crippen molar-refractivity contribution in [2.24, 2.45) is 0 Å². The number of para-hydroxylation sites is 1. The maximum absolute atomic E-state index is 11.7. The minimum atomic E-state index is -0.402. The van der Waals surface area contributed by atoms with E-state index in [1.165, 1.54) is 10.9 Å². The summed E-state index contributed by atoms with van der Waals surface area (Å²) in [5.74, 6) is 0. The number of nitrogen functional groups attached to an aromatic ring is 2. The summed E-state index contributed by atoms with van der Waals surface area (Å²) < 4.78 is 1.21. The van der Waals surface area contributed by atoms with Gasteiger partial charge in [-0.15, -0.1) is 0 Å². The van der Waals surface area contributed by atoms with Gasteiger partial charge in [-0.1, -0.05) is 18.2 Å². The smallest absolute Gasteiger partial charge is 0.296 e. The quantitative estimate of drug-likeness (QED) is 0.700. The third-order valence-corrected chi connectivity index (χ3v) is 2.05. The Morgan fingerprint density at radius 3 is 2.47 bits per heavy atom. The van der Waals surface area contributed by atoms with Crippen molar-refractivity contribution in [1.82, 2.24) is 9.78 Å². The van der Waals surface area contributed by atoms with E-state index in [0.717, 1.165) is 0 Å². The average molecular weight is 202 g/mol. The van der Waals surface area contributed by atoms with Crippen LogP contribution in [0.1, 0.15) is 0 Å². The van der Waals surface area contributed by atoms with Gasteiger partial charge in [-0.25, -0.2) is 0 Å². The maximum atomic E-state index is 11.7. The third kappa shape index (κ3) is 1.54. The van der Waals surface area contributed by atoms with Crippen molar-refractivity contribution < 1.29 is 0 Å². The molecule has 76 valence electrons. The Morgan fingerprint density at radius 1 is 1.13 bits per heavy atom. The van der Waals surface area contributed by atoms with Gasteiger partial charge in [0.2, 0.25) is 0 Å². The van der Waals surface area contributed by atoms with Crippen molar-refractivity contribution >= 4 is 11.4 Å². The van der Waals surface area contributed by atoms with Crippen LogP contribution in [0.3, 0.4) is 0 Å². The molecule has 4 N–H and O–H groups in total. The first-order valence-corrected chi connectivity index (χ1v) is 4.39. The van der Waals surface area contributed by atoms with E-state index in [9.17, 15) is 4.79 Å². The minimum absolute atomic E-state index is 0.0221. The van der Waals surface area contributed by atoms with Crippen molar-refractivity contribution in [2.45, 2.75) is 0 Å². The van der Waals surface area contributed by atoms with Gasteiger partial charge in [0.25, 0.3) is 5.56 Å². The topological polar surface area (TPSA) is 86.9 Å². The molecule has 0 unspecified atom stereocenters. The van der Waals surface area contributed by atoms with Gasteiger partial charge in [0.15, 0.2) is 0 Å². The molecule has 0 aliphatic carbocycles. The molecule has 2 aromatic rings. The van der Waals surface area contributed by atoms with Crippen LogP contribution in [0, 0.1) is 0 Å². The molecule has 1 aromatic heterocycles. The Hall–Kier alpha value is -2.30. The standard InChI is InChI=1S/C10H10N4O/c11-8-6-13-14(10(15)9(8)12)7-4-2-1-3-5-7/h1-6H,11-12H2. The molecule has 0 aliphatic rings. The molecule has 0 saturated heterocycles. The zero-order valence-corrected chi connectivity index (χ0v) is 7.92.